The molecule has 1 amide bonds. The lowest BCUT2D eigenvalue weighted by atomic mass is 10.1. The molecule has 0 spiro atoms. The lowest BCUT2D eigenvalue weighted by molar-refractivity contribution is -0.385. The summed E-state index contributed by atoms with van der Waals surface area (Å²) in [5, 5.41) is 23.0. The average molecular weight is 351 g/mol. The molecule has 21 heavy (non-hydrogen) atoms. The predicted octanol–water partition coefficient (Wildman–Crippen LogP) is 2.99. The Morgan fingerprint density at radius 1 is 1.29 bits per heavy atom. The molecule has 0 aliphatic carbocycles. The van der Waals surface area contributed by atoms with Crippen molar-refractivity contribution in [2.24, 2.45) is 0 Å². The number of para-hydroxylation sites is 1. The van der Waals surface area contributed by atoms with Gasteiger partial charge in [0, 0.05) is 23.7 Å². The van der Waals surface area contributed by atoms with E-state index in [9.17, 15) is 20.0 Å². The molecule has 0 radical (unpaired) electrons. The van der Waals surface area contributed by atoms with Crippen molar-refractivity contribution in [2.75, 3.05) is 0 Å². The summed E-state index contributed by atoms with van der Waals surface area (Å²) in [5.41, 5.74) is 0.572. The van der Waals surface area contributed by atoms with Gasteiger partial charge in [-0.15, -0.1) is 0 Å². The first-order chi connectivity index (χ1) is 9.99. The number of aromatic hydroxyl groups is 1. The number of rotatable bonds is 4. The number of carbonyl (C=O) groups is 1. The molecule has 108 valence electrons. The van der Waals surface area contributed by atoms with Gasteiger partial charge in [-0.25, -0.2) is 0 Å². The van der Waals surface area contributed by atoms with Gasteiger partial charge in [0.2, 0.25) is 0 Å². The van der Waals surface area contributed by atoms with Gasteiger partial charge in [-0.3, -0.25) is 14.9 Å². The van der Waals surface area contributed by atoms with E-state index in [2.05, 4.69) is 21.2 Å². The van der Waals surface area contributed by atoms with E-state index in [0.717, 1.165) is 0 Å². The van der Waals surface area contributed by atoms with Gasteiger partial charge in [-0.05, 0) is 34.1 Å². The second kappa shape index (κ2) is 6.36. The smallest absolute Gasteiger partial charge is 0.284 e. The van der Waals surface area contributed by atoms with Gasteiger partial charge >= 0.3 is 0 Å². The van der Waals surface area contributed by atoms with Crippen LogP contribution in [-0.2, 0) is 6.54 Å². The monoisotopic (exact) mass is 350 g/mol. The molecule has 0 bridgehead atoms. The number of nitrogens with zero attached hydrogens (tertiary/aromatic N) is 1. The third-order valence-corrected chi connectivity index (χ3v) is 3.51. The van der Waals surface area contributed by atoms with Crippen LogP contribution in [0.15, 0.2) is 46.9 Å². The van der Waals surface area contributed by atoms with Crippen molar-refractivity contribution in [2.45, 2.75) is 6.54 Å². The Morgan fingerprint density at radius 2 is 2.00 bits per heavy atom. The molecule has 2 aromatic rings. The van der Waals surface area contributed by atoms with E-state index in [1.54, 1.807) is 18.2 Å². The molecule has 2 aromatic carbocycles. The summed E-state index contributed by atoms with van der Waals surface area (Å²) in [6.45, 7) is 0.134. The Morgan fingerprint density at radius 3 is 2.67 bits per heavy atom. The molecular formula is C14H11BrN2O4. The zero-order valence-corrected chi connectivity index (χ0v) is 12.3. The lowest BCUT2D eigenvalue weighted by Gasteiger charge is -2.07. The van der Waals surface area contributed by atoms with E-state index in [-0.39, 0.29) is 23.5 Å². The maximum atomic E-state index is 12.0. The molecule has 0 aliphatic rings. The minimum atomic E-state index is -0.566. The Balaban J connectivity index is 2.12. The first kappa shape index (κ1) is 15.0. The van der Waals surface area contributed by atoms with Gasteiger partial charge in [-0.1, -0.05) is 18.2 Å². The van der Waals surface area contributed by atoms with Crippen molar-refractivity contribution < 1.29 is 14.8 Å². The van der Waals surface area contributed by atoms with Crippen molar-refractivity contribution in [3.8, 4) is 5.75 Å². The van der Waals surface area contributed by atoms with E-state index in [0.29, 0.717) is 10.0 Å². The molecule has 0 aromatic heterocycles. The number of hydrogen-bond donors (Lipinski definition) is 2. The molecule has 0 saturated carbocycles. The van der Waals surface area contributed by atoms with Crippen molar-refractivity contribution in [1.82, 2.24) is 5.32 Å². The highest BCUT2D eigenvalue weighted by Gasteiger charge is 2.16. The summed E-state index contributed by atoms with van der Waals surface area (Å²) in [6, 6.07) is 10.8. The fourth-order valence-corrected chi connectivity index (χ4v) is 2.12. The van der Waals surface area contributed by atoms with Crippen LogP contribution in [-0.4, -0.2) is 15.9 Å². The van der Waals surface area contributed by atoms with E-state index in [1.165, 1.54) is 24.3 Å². The van der Waals surface area contributed by atoms with Gasteiger partial charge in [0.05, 0.1) is 9.40 Å². The van der Waals surface area contributed by atoms with E-state index in [1.807, 2.05) is 0 Å². The van der Waals surface area contributed by atoms with Crippen molar-refractivity contribution in [1.29, 1.82) is 0 Å². The van der Waals surface area contributed by atoms with Crippen LogP contribution in [0.3, 0.4) is 0 Å². The summed E-state index contributed by atoms with van der Waals surface area (Å²) in [4.78, 5) is 22.3. The van der Waals surface area contributed by atoms with Crippen molar-refractivity contribution in [3.63, 3.8) is 0 Å². The summed E-state index contributed by atoms with van der Waals surface area (Å²) < 4.78 is 0.310. The Hall–Kier alpha value is -2.41. The molecular weight excluding hydrogens is 340 g/mol. The number of phenols is 1. The van der Waals surface area contributed by atoms with E-state index in [4.69, 9.17) is 0 Å². The summed E-state index contributed by atoms with van der Waals surface area (Å²) >= 11 is 3.06. The molecule has 6 nitrogen and oxygen atoms in total. The van der Waals surface area contributed by atoms with Crippen LogP contribution in [0, 0.1) is 10.1 Å². The lowest BCUT2D eigenvalue weighted by Crippen LogP contribution is -2.22. The minimum absolute atomic E-state index is 0.0830. The number of amides is 1. The van der Waals surface area contributed by atoms with Gasteiger partial charge in [-0.2, -0.15) is 0 Å². The van der Waals surface area contributed by atoms with Gasteiger partial charge in [0.1, 0.15) is 5.75 Å². The molecule has 0 saturated heterocycles. The number of nitro benzene ring substituents is 1. The van der Waals surface area contributed by atoms with Gasteiger partial charge < -0.3 is 10.4 Å². The highest BCUT2D eigenvalue weighted by molar-refractivity contribution is 9.10. The average Bonchev–Trinajstić information content (AvgIpc) is 2.46. The number of nitro groups is 1. The van der Waals surface area contributed by atoms with Crippen LogP contribution < -0.4 is 5.32 Å². The summed E-state index contributed by atoms with van der Waals surface area (Å²) in [6.07, 6.45) is 0. The molecule has 0 atom stereocenters. The highest BCUT2D eigenvalue weighted by Crippen LogP contribution is 2.25. The molecule has 0 aliphatic heterocycles. The molecule has 0 heterocycles. The number of hydrogen-bond acceptors (Lipinski definition) is 4. The maximum absolute atomic E-state index is 12.0. The predicted molar refractivity (Wildman–Crippen MR) is 80.1 cm³/mol. The van der Waals surface area contributed by atoms with Crippen molar-refractivity contribution in [3.05, 3.63) is 68.2 Å². The number of benzene rings is 2. The van der Waals surface area contributed by atoms with Gasteiger partial charge in [0.15, 0.2) is 0 Å². The summed E-state index contributed by atoms with van der Waals surface area (Å²) in [7, 11) is 0. The highest BCUT2D eigenvalue weighted by atomic mass is 79.9. The molecule has 0 unspecified atom stereocenters. The van der Waals surface area contributed by atoms with Crippen LogP contribution in [0.2, 0.25) is 0 Å². The molecule has 2 N–H and O–H groups in total. The van der Waals surface area contributed by atoms with Crippen molar-refractivity contribution >= 4 is 27.5 Å². The van der Waals surface area contributed by atoms with Crippen LogP contribution >= 0.6 is 15.9 Å². The maximum Gasteiger partial charge on any atom is 0.284 e. The number of halogens is 1. The fourth-order valence-electron chi connectivity index (χ4n) is 1.73. The second-order valence-electron chi connectivity index (χ2n) is 4.23. The zero-order chi connectivity index (χ0) is 15.4. The second-order valence-corrected chi connectivity index (χ2v) is 5.09. The van der Waals surface area contributed by atoms with Crippen LogP contribution in [0.1, 0.15) is 15.9 Å². The number of phenolic OH excluding ortho intramolecular Hbond substituents is 1. The third-order valence-electron chi connectivity index (χ3n) is 2.84. The standard InChI is InChI=1S/C14H11BrN2O4/c15-11-6-5-9(7-12(11)17(20)21)14(19)16-8-10-3-1-2-4-13(10)18/h1-7,18H,8H2,(H,16,19). The Kier molecular flexibility index (Phi) is 4.54. The minimum Gasteiger partial charge on any atom is -0.508 e. The molecule has 2 rings (SSSR count). The first-order valence-electron chi connectivity index (χ1n) is 5.98. The molecule has 0 fully saturated rings. The van der Waals surface area contributed by atoms with Crippen LogP contribution in [0.25, 0.3) is 0 Å². The zero-order valence-electron chi connectivity index (χ0n) is 10.7. The first-order valence-corrected chi connectivity index (χ1v) is 6.77. The van der Waals surface area contributed by atoms with Crippen LogP contribution in [0.4, 0.5) is 5.69 Å². The third kappa shape index (κ3) is 3.57. The van der Waals surface area contributed by atoms with E-state index < -0.39 is 10.8 Å². The largest absolute Gasteiger partial charge is 0.508 e. The normalized spacial score (nSPS) is 10.1. The molecule has 7 heteroatoms. The summed E-state index contributed by atoms with van der Waals surface area (Å²) in [5.74, 6) is -0.367. The van der Waals surface area contributed by atoms with Crippen LogP contribution in [0.5, 0.6) is 5.75 Å². The fraction of sp³-hybridized carbons (Fsp3) is 0.0714. The number of nitrogens with one attached hydrogen (secondary N) is 1. The Labute approximate surface area is 128 Å². The van der Waals surface area contributed by atoms with E-state index >= 15 is 0 Å². The SMILES string of the molecule is O=C(NCc1ccccc1O)c1ccc(Br)c([N+](=O)[O-])c1. The topological polar surface area (TPSA) is 92.5 Å². The quantitative estimate of drug-likeness (QED) is 0.654. The Bertz CT molecular complexity index is 703. The number of carbonyl (C=O) groups excluding carboxylic acids is 1. The van der Waals surface area contributed by atoms with Gasteiger partial charge in [0.25, 0.3) is 11.6 Å².